The summed E-state index contributed by atoms with van der Waals surface area (Å²) in [6.45, 7) is 3.62. The lowest BCUT2D eigenvalue weighted by Crippen LogP contribution is -2.42. The molecule has 1 N–H and O–H groups in total. The molecule has 1 aromatic carbocycles. The van der Waals surface area contributed by atoms with E-state index in [2.05, 4.69) is 5.32 Å². The second-order valence-electron chi connectivity index (χ2n) is 8.07. The Kier molecular flexibility index (Phi) is 6.48. The summed E-state index contributed by atoms with van der Waals surface area (Å²) in [5.41, 5.74) is 2.19. The van der Waals surface area contributed by atoms with Gasteiger partial charge in [0.15, 0.2) is 0 Å². The Morgan fingerprint density at radius 3 is 2.55 bits per heavy atom. The number of amides is 3. The molecule has 0 bridgehead atoms. The quantitative estimate of drug-likeness (QED) is 0.784. The van der Waals surface area contributed by atoms with Gasteiger partial charge in [-0.15, -0.1) is 0 Å². The topological polar surface area (TPSA) is 90.0 Å². The van der Waals surface area contributed by atoms with Gasteiger partial charge in [0.25, 0.3) is 0 Å². The van der Waals surface area contributed by atoms with Crippen molar-refractivity contribution >= 4 is 22.0 Å². The van der Waals surface area contributed by atoms with E-state index in [0.29, 0.717) is 39.0 Å². The van der Waals surface area contributed by atoms with Crippen molar-refractivity contribution in [2.24, 2.45) is 5.92 Å². The average Bonchev–Trinajstić information content (AvgIpc) is 2.81. The highest BCUT2D eigenvalue weighted by Gasteiger charge is 2.47. The summed E-state index contributed by atoms with van der Waals surface area (Å²) in [5, 5.41) is 2.43. The molecule has 2 heterocycles. The van der Waals surface area contributed by atoms with Crippen LogP contribution in [0.1, 0.15) is 24.0 Å². The number of benzene rings is 1. The zero-order valence-electron chi connectivity index (χ0n) is 17.3. The number of likely N-dealkylation sites (N-methyl/N-ethyl adjacent to an activating group) is 1. The van der Waals surface area contributed by atoms with Gasteiger partial charge in [0.2, 0.25) is 15.9 Å². The van der Waals surface area contributed by atoms with Gasteiger partial charge in [0.1, 0.15) is 0 Å². The van der Waals surface area contributed by atoms with E-state index < -0.39 is 15.3 Å². The number of urea groups is 1. The minimum atomic E-state index is -3.52. The molecule has 0 unspecified atom stereocenters. The number of aryl methyl sites for hydroxylation is 1. The maximum Gasteiger partial charge on any atom is 0.317 e. The molecular weight excluding hydrogens is 392 g/mol. The van der Waals surface area contributed by atoms with E-state index in [1.54, 1.807) is 19.0 Å². The largest absolute Gasteiger partial charge is 0.348 e. The van der Waals surface area contributed by atoms with Gasteiger partial charge in [0, 0.05) is 40.3 Å². The highest BCUT2D eigenvalue weighted by Crippen LogP contribution is 2.34. The van der Waals surface area contributed by atoms with Gasteiger partial charge in [-0.3, -0.25) is 4.79 Å². The van der Waals surface area contributed by atoms with E-state index >= 15 is 0 Å². The maximum atomic E-state index is 12.9. The Morgan fingerprint density at radius 1 is 1.17 bits per heavy atom. The first-order valence-electron chi connectivity index (χ1n) is 9.96. The lowest BCUT2D eigenvalue weighted by Gasteiger charge is -2.23. The standard InChI is InChI=1S/C20H30N4O4S/c1-15-6-4-5-7-16(15)12-21-20(26)23-10-8-17-13-24(14-19(25)22(2)3)29(27,28)18(17)9-11-23/h4-7,17-18H,8-14H2,1-3H3,(H,21,26)/t17-,18-/m0/s1. The molecule has 0 saturated carbocycles. The Balaban J connectivity index is 1.58. The Labute approximate surface area is 172 Å². The first-order chi connectivity index (χ1) is 13.7. The summed E-state index contributed by atoms with van der Waals surface area (Å²) >= 11 is 0. The maximum absolute atomic E-state index is 12.9. The fourth-order valence-electron chi connectivity index (χ4n) is 4.04. The fraction of sp³-hybridized carbons (Fsp3) is 0.600. The zero-order chi connectivity index (χ0) is 21.2. The van der Waals surface area contributed by atoms with Crippen molar-refractivity contribution in [1.29, 1.82) is 0 Å². The molecule has 0 aromatic heterocycles. The van der Waals surface area contributed by atoms with Crippen LogP contribution in [-0.4, -0.2) is 80.0 Å². The average molecular weight is 423 g/mol. The summed E-state index contributed by atoms with van der Waals surface area (Å²) in [6.07, 6.45) is 1.02. The molecule has 2 fully saturated rings. The van der Waals surface area contributed by atoms with Crippen molar-refractivity contribution < 1.29 is 18.0 Å². The number of hydrogen-bond donors (Lipinski definition) is 1. The molecule has 3 amide bonds. The molecule has 8 nitrogen and oxygen atoms in total. The summed E-state index contributed by atoms with van der Waals surface area (Å²) in [5.74, 6) is -0.272. The number of nitrogens with zero attached hydrogens (tertiary/aromatic N) is 3. The van der Waals surface area contributed by atoms with E-state index in [0.717, 1.165) is 11.1 Å². The van der Waals surface area contributed by atoms with Crippen LogP contribution in [-0.2, 0) is 21.4 Å². The molecule has 29 heavy (non-hydrogen) atoms. The number of hydrogen-bond acceptors (Lipinski definition) is 4. The number of sulfonamides is 1. The van der Waals surface area contributed by atoms with Gasteiger partial charge in [-0.1, -0.05) is 24.3 Å². The van der Waals surface area contributed by atoms with Crippen LogP contribution in [0.25, 0.3) is 0 Å². The second kappa shape index (κ2) is 8.71. The normalized spacial score (nSPS) is 23.9. The SMILES string of the molecule is Cc1ccccc1CNC(=O)N1CC[C@H]2CN(CC(=O)N(C)C)S(=O)(=O)[C@H]2CC1. The highest BCUT2D eigenvalue weighted by molar-refractivity contribution is 7.90. The molecule has 0 radical (unpaired) electrons. The van der Waals surface area contributed by atoms with Crippen molar-refractivity contribution in [3.63, 3.8) is 0 Å². The number of fused-ring (bicyclic) bond motifs is 1. The minimum Gasteiger partial charge on any atom is -0.348 e. The third-order valence-electron chi connectivity index (χ3n) is 5.95. The van der Waals surface area contributed by atoms with Crippen molar-refractivity contribution in [2.45, 2.75) is 31.6 Å². The van der Waals surface area contributed by atoms with Crippen LogP contribution in [0.3, 0.4) is 0 Å². The first-order valence-corrected chi connectivity index (χ1v) is 11.5. The van der Waals surface area contributed by atoms with Crippen LogP contribution < -0.4 is 5.32 Å². The van der Waals surface area contributed by atoms with Crippen molar-refractivity contribution in [3.05, 3.63) is 35.4 Å². The summed E-state index contributed by atoms with van der Waals surface area (Å²) in [7, 11) is -0.279. The zero-order valence-corrected chi connectivity index (χ0v) is 18.1. The van der Waals surface area contributed by atoms with Crippen LogP contribution in [0, 0.1) is 12.8 Å². The molecule has 0 spiro atoms. The molecule has 2 saturated heterocycles. The van der Waals surface area contributed by atoms with E-state index in [1.807, 2.05) is 31.2 Å². The van der Waals surface area contributed by atoms with Gasteiger partial charge < -0.3 is 15.1 Å². The Hall–Kier alpha value is -2.13. The highest BCUT2D eigenvalue weighted by atomic mass is 32.2. The molecule has 2 aliphatic rings. The van der Waals surface area contributed by atoms with E-state index in [9.17, 15) is 18.0 Å². The smallest absolute Gasteiger partial charge is 0.317 e. The lowest BCUT2D eigenvalue weighted by molar-refractivity contribution is -0.128. The lowest BCUT2D eigenvalue weighted by atomic mass is 10.0. The van der Waals surface area contributed by atoms with Crippen LogP contribution in [0.5, 0.6) is 0 Å². The predicted octanol–water partition coefficient (Wildman–Crippen LogP) is 1.02. The summed E-state index contributed by atoms with van der Waals surface area (Å²) in [6, 6.07) is 7.74. The molecule has 3 rings (SSSR count). The first kappa shape index (κ1) is 21.6. The minimum absolute atomic E-state index is 0.0517. The number of carbonyl (C=O) groups excluding carboxylic acids is 2. The molecular formula is C20H30N4O4S. The van der Waals surface area contributed by atoms with Gasteiger partial charge >= 0.3 is 6.03 Å². The second-order valence-corrected chi connectivity index (χ2v) is 10.2. The van der Waals surface area contributed by atoms with Gasteiger partial charge in [-0.2, -0.15) is 4.31 Å². The van der Waals surface area contributed by atoms with Gasteiger partial charge in [-0.05, 0) is 36.8 Å². The number of carbonyl (C=O) groups is 2. The summed E-state index contributed by atoms with van der Waals surface area (Å²) < 4.78 is 27.1. The molecule has 9 heteroatoms. The van der Waals surface area contributed by atoms with Gasteiger partial charge in [-0.25, -0.2) is 13.2 Å². The molecule has 0 aliphatic carbocycles. The fourth-order valence-corrected chi connectivity index (χ4v) is 6.22. The molecule has 2 atom stereocenters. The Bertz CT molecular complexity index is 871. The third kappa shape index (κ3) is 4.72. The van der Waals surface area contributed by atoms with E-state index in [4.69, 9.17) is 0 Å². The molecule has 160 valence electrons. The number of likely N-dealkylation sites (tertiary alicyclic amines) is 1. The van der Waals surface area contributed by atoms with Crippen LogP contribution in [0.4, 0.5) is 4.79 Å². The monoisotopic (exact) mass is 422 g/mol. The van der Waals surface area contributed by atoms with Crippen molar-refractivity contribution in [2.75, 3.05) is 40.3 Å². The molecule has 2 aliphatic heterocycles. The molecule has 1 aromatic rings. The van der Waals surface area contributed by atoms with Crippen molar-refractivity contribution in [1.82, 2.24) is 19.4 Å². The third-order valence-corrected chi connectivity index (χ3v) is 8.33. The Morgan fingerprint density at radius 2 is 1.86 bits per heavy atom. The van der Waals surface area contributed by atoms with Crippen LogP contribution >= 0.6 is 0 Å². The summed E-state index contributed by atoms with van der Waals surface area (Å²) in [4.78, 5) is 27.7. The van der Waals surface area contributed by atoms with E-state index in [-0.39, 0.29) is 24.4 Å². The van der Waals surface area contributed by atoms with Gasteiger partial charge in [0.05, 0.1) is 11.8 Å². The number of nitrogens with one attached hydrogen (secondary N) is 1. The van der Waals surface area contributed by atoms with Crippen LogP contribution in [0.2, 0.25) is 0 Å². The predicted molar refractivity (Wildman–Crippen MR) is 111 cm³/mol. The number of rotatable bonds is 4. The van der Waals surface area contributed by atoms with Crippen LogP contribution in [0.15, 0.2) is 24.3 Å². The van der Waals surface area contributed by atoms with E-state index in [1.165, 1.54) is 9.21 Å². The van der Waals surface area contributed by atoms with Crippen molar-refractivity contribution in [3.8, 4) is 0 Å².